The van der Waals surface area contributed by atoms with Gasteiger partial charge in [0.05, 0.1) is 11.5 Å². The molecule has 3 N–H and O–H groups in total. The van der Waals surface area contributed by atoms with Gasteiger partial charge in [0.25, 0.3) is 5.56 Å². The minimum atomic E-state index is -0.806. The second-order valence-corrected chi connectivity index (χ2v) is 6.97. The number of anilines is 2. The van der Waals surface area contributed by atoms with Crippen LogP contribution in [0.5, 0.6) is 0 Å². The first-order valence-corrected chi connectivity index (χ1v) is 9.74. The van der Waals surface area contributed by atoms with Gasteiger partial charge < -0.3 is 15.4 Å². The molecular formula is C18H27N7O6. The molecule has 0 saturated carbocycles. The SMILES string of the molecule is CCCCn1c(N)c(N(CCOC)C(=O)Cn2nc(C)c([N+](=O)[O-])c2C)c(=O)[nH]c1=O. The number of unbranched alkanes of at least 4 members (excludes halogenated alkanes) is 1. The first kappa shape index (κ1) is 23.8. The summed E-state index contributed by atoms with van der Waals surface area (Å²) in [7, 11) is 1.43. The van der Waals surface area contributed by atoms with Crippen LogP contribution in [0.15, 0.2) is 9.59 Å². The van der Waals surface area contributed by atoms with Crippen LogP contribution in [0.25, 0.3) is 0 Å². The van der Waals surface area contributed by atoms with Gasteiger partial charge >= 0.3 is 11.4 Å². The number of methoxy groups -OCH3 is 1. The molecule has 0 aromatic carbocycles. The van der Waals surface area contributed by atoms with Gasteiger partial charge in [0.1, 0.15) is 23.8 Å². The van der Waals surface area contributed by atoms with Gasteiger partial charge in [-0.15, -0.1) is 0 Å². The Morgan fingerprint density at radius 2 is 2.03 bits per heavy atom. The fourth-order valence-corrected chi connectivity index (χ4v) is 3.24. The van der Waals surface area contributed by atoms with Crippen molar-refractivity contribution in [2.24, 2.45) is 0 Å². The molecule has 1 amide bonds. The highest BCUT2D eigenvalue weighted by Gasteiger charge is 2.27. The van der Waals surface area contributed by atoms with E-state index in [4.69, 9.17) is 10.5 Å². The molecule has 0 radical (unpaired) electrons. The fraction of sp³-hybridized carbons (Fsp3) is 0.556. The van der Waals surface area contributed by atoms with Crippen molar-refractivity contribution in [1.82, 2.24) is 19.3 Å². The molecule has 2 rings (SSSR count). The predicted molar refractivity (Wildman–Crippen MR) is 113 cm³/mol. The fourth-order valence-electron chi connectivity index (χ4n) is 3.24. The first-order valence-electron chi connectivity index (χ1n) is 9.74. The van der Waals surface area contributed by atoms with Crippen LogP contribution >= 0.6 is 0 Å². The first-order chi connectivity index (χ1) is 14.6. The highest BCUT2D eigenvalue weighted by Crippen LogP contribution is 2.23. The molecule has 0 spiro atoms. The number of carbonyl (C=O) groups is 1. The van der Waals surface area contributed by atoms with Gasteiger partial charge in [-0.05, 0) is 20.3 Å². The van der Waals surface area contributed by atoms with E-state index in [1.807, 2.05) is 6.92 Å². The number of aromatic amines is 1. The molecule has 0 unspecified atom stereocenters. The summed E-state index contributed by atoms with van der Waals surface area (Å²) in [6.45, 7) is 4.89. The minimum Gasteiger partial charge on any atom is -0.383 e. The molecule has 0 aliphatic heterocycles. The van der Waals surface area contributed by atoms with Gasteiger partial charge in [0.2, 0.25) is 5.91 Å². The molecule has 0 fully saturated rings. The van der Waals surface area contributed by atoms with Gasteiger partial charge in [0, 0.05) is 20.2 Å². The number of hydrogen-bond donors (Lipinski definition) is 2. The van der Waals surface area contributed by atoms with Crippen molar-refractivity contribution in [3.63, 3.8) is 0 Å². The Morgan fingerprint density at radius 3 is 2.58 bits per heavy atom. The zero-order chi connectivity index (χ0) is 23.3. The lowest BCUT2D eigenvalue weighted by Gasteiger charge is -2.24. The summed E-state index contributed by atoms with van der Waals surface area (Å²) in [6, 6.07) is 0. The van der Waals surface area contributed by atoms with E-state index >= 15 is 0 Å². The molecule has 0 saturated heterocycles. The molecule has 0 bridgehead atoms. The Labute approximate surface area is 177 Å². The van der Waals surface area contributed by atoms with Crippen LogP contribution in [0.3, 0.4) is 0 Å². The van der Waals surface area contributed by atoms with Crippen molar-refractivity contribution in [3.05, 3.63) is 42.3 Å². The van der Waals surface area contributed by atoms with E-state index < -0.39 is 22.1 Å². The Hall–Kier alpha value is -3.48. The molecule has 31 heavy (non-hydrogen) atoms. The molecule has 0 atom stereocenters. The van der Waals surface area contributed by atoms with Crippen molar-refractivity contribution >= 4 is 23.1 Å². The number of amides is 1. The standard InChI is InChI=1S/C18H27N7O6/c1-5-6-7-23-16(19)15(17(27)20-18(23)28)22(8-9-31-4)13(26)10-24-12(3)14(25(29)30)11(2)21-24/h5-10,19H2,1-4H3,(H,20,27,28). The van der Waals surface area contributed by atoms with E-state index in [0.717, 1.165) is 11.3 Å². The highest BCUT2D eigenvalue weighted by molar-refractivity contribution is 5.95. The maximum atomic E-state index is 13.1. The van der Waals surface area contributed by atoms with Crippen molar-refractivity contribution < 1.29 is 14.5 Å². The number of carbonyl (C=O) groups excluding carboxylic acids is 1. The van der Waals surface area contributed by atoms with Crippen LogP contribution in [0.1, 0.15) is 31.2 Å². The molecule has 2 aromatic rings. The van der Waals surface area contributed by atoms with Crippen molar-refractivity contribution in [2.75, 3.05) is 30.9 Å². The number of H-pyrrole nitrogens is 1. The third-order valence-electron chi connectivity index (χ3n) is 4.85. The number of nitrogens with two attached hydrogens (primary N) is 1. The summed E-state index contributed by atoms with van der Waals surface area (Å²) in [4.78, 5) is 51.9. The number of aryl methyl sites for hydroxylation is 1. The number of aromatic nitrogens is 4. The van der Waals surface area contributed by atoms with Crippen LogP contribution in [-0.2, 0) is 22.6 Å². The van der Waals surface area contributed by atoms with Crippen LogP contribution < -0.4 is 21.9 Å². The van der Waals surface area contributed by atoms with Gasteiger partial charge in [-0.2, -0.15) is 5.10 Å². The topological polar surface area (TPSA) is 171 Å². The van der Waals surface area contributed by atoms with Crippen LogP contribution in [0.2, 0.25) is 0 Å². The second kappa shape index (κ2) is 10.0. The number of rotatable bonds is 10. The van der Waals surface area contributed by atoms with E-state index in [2.05, 4.69) is 10.1 Å². The summed E-state index contributed by atoms with van der Waals surface area (Å²) in [6.07, 6.45) is 1.44. The molecule has 0 aliphatic carbocycles. The van der Waals surface area contributed by atoms with E-state index in [0.29, 0.717) is 6.42 Å². The number of nitrogens with one attached hydrogen (secondary N) is 1. The zero-order valence-corrected chi connectivity index (χ0v) is 18.0. The normalized spacial score (nSPS) is 11.0. The molecular weight excluding hydrogens is 410 g/mol. The average molecular weight is 437 g/mol. The Bertz CT molecular complexity index is 1080. The van der Waals surface area contributed by atoms with Crippen LogP contribution in [-0.4, -0.2) is 50.4 Å². The zero-order valence-electron chi connectivity index (χ0n) is 18.0. The van der Waals surface area contributed by atoms with Gasteiger partial charge in [0.15, 0.2) is 5.69 Å². The third kappa shape index (κ3) is 4.99. The van der Waals surface area contributed by atoms with Gasteiger partial charge in [-0.3, -0.25) is 33.9 Å². The number of nitrogen functional groups attached to an aromatic ring is 1. The molecule has 2 heterocycles. The Kier molecular flexibility index (Phi) is 7.69. The Morgan fingerprint density at radius 1 is 1.35 bits per heavy atom. The van der Waals surface area contributed by atoms with Gasteiger partial charge in [-0.1, -0.05) is 13.3 Å². The predicted octanol–water partition coefficient (Wildman–Crippen LogP) is 0.320. The van der Waals surface area contributed by atoms with Crippen molar-refractivity contribution in [1.29, 1.82) is 0 Å². The van der Waals surface area contributed by atoms with Gasteiger partial charge in [-0.25, -0.2) is 4.79 Å². The van der Waals surface area contributed by atoms with Crippen LogP contribution in [0, 0.1) is 24.0 Å². The number of nitrogens with zero attached hydrogens (tertiary/aromatic N) is 5. The second-order valence-electron chi connectivity index (χ2n) is 6.97. The van der Waals surface area contributed by atoms with E-state index in [1.165, 1.54) is 30.2 Å². The van der Waals surface area contributed by atoms with E-state index in [9.17, 15) is 24.5 Å². The highest BCUT2D eigenvalue weighted by atomic mass is 16.6. The lowest BCUT2D eigenvalue weighted by Crippen LogP contribution is -2.44. The third-order valence-corrected chi connectivity index (χ3v) is 4.85. The summed E-state index contributed by atoms with van der Waals surface area (Å²) in [5, 5.41) is 15.3. The Balaban J connectivity index is 2.50. The molecule has 170 valence electrons. The lowest BCUT2D eigenvalue weighted by molar-refractivity contribution is -0.386. The molecule has 13 heteroatoms. The number of nitro groups is 1. The summed E-state index contributed by atoms with van der Waals surface area (Å²) < 4.78 is 7.46. The number of hydrogen-bond acceptors (Lipinski definition) is 8. The smallest absolute Gasteiger partial charge is 0.330 e. The minimum absolute atomic E-state index is 0.0179. The molecule has 2 aromatic heterocycles. The van der Waals surface area contributed by atoms with Crippen molar-refractivity contribution in [2.45, 2.75) is 46.7 Å². The average Bonchev–Trinajstić information content (AvgIpc) is 2.97. The van der Waals surface area contributed by atoms with Crippen LogP contribution in [0.4, 0.5) is 17.2 Å². The van der Waals surface area contributed by atoms with Crippen molar-refractivity contribution in [3.8, 4) is 0 Å². The van der Waals surface area contributed by atoms with E-state index in [-0.39, 0.29) is 54.8 Å². The lowest BCUT2D eigenvalue weighted by atomic mass is 10.3. The monoisotopic (exact) mass is 437 g/mol. The summed E-state index contributed by atoms with van der Waals surface area (Å²) >= 11 is 0. The quantitative estimate of drug-likeness (QED) is 0.395. The summed E-state index contributed by atoms with van der Waals surface area (Å²) in [5.74, 6) is -0.721. The summed E-state index contributed by atoms with van der Waals surface area (Å²) in [5.41, 5.74) is 4.68. The maximum absolute atomic E-state index is 13.1. The van der Waals surface area contributed by atoms with E-state index in [1.54, 1.807) is 0 Å². The largest absolute Gasteiger partial charge is 0.383 e. The molecule has 0 aliphatic rings. The number of ether oxygens (including phenoxy) is 1. The maximum Gasteiger partial charge on any atom is 0.330 e. The molecule has 13 nitrogen and oxygen atoms in total.